The summed E-state index contributed by atoms with van der Waals surface area (Å²) in [5, 5.41) is 0. The summed E-state index contributed by atoms with van der Waals surface area (Å²) in [6.07, 6.45) is 0. The molecule has 0 unspecified atom stereocenters. The summed E-state index contributed by atoms with van der Waals surface area (Å²) in [7, 11) is 1.36. The lowest BCUT2D eigenvalue weighted by Gasteiger charge is -2.14. The van der Waals surface area contributed by atoms with Crippen LogP contribution in [-0.4, -0.2) is 13.1 Å². The van der Waals surface area contributed by atoms with Crippen LogP contribution >= 0.6 is 15.9 Å². The highest BCUT2D eigenvalue weighted by Gasteiger charge is 2.18. The lowest BCUT2D eigenvalue weighted by Crippen LogP contribution is -2.10. The Hall–Kier alpha value is -1.09. The summed E-state index contributed by atoms with van der Waals surface area (Å²) < 4.78 is 5.62. The van der Waals surface area contributed by atoms with Crippen LogP contribution < -0.4 is 0 Å². The number of carbonyl (C=O) groups excluding carboxylic acids is 1. The zero-order valence-electron chi connectivity index (χ0n) is 8.79. The summed E-state index contributed by atoms with van der Waals surface area (Å²) in [5.41, 5.74) is 1.50. The summed E-state index contributed by atoms with van der Waals surface area (Å²) in [5.74, 6) is -0.411. The first-order valence-electron chi connectivity index (χ1n) is 4.59. The fraction of sp³-hybridized carbons (Fsp3) is 0.250. The van der Waals surface area contributed by atoms with Crippen molar-refractivity contribution in [1.29, 1.82) is 0 Å². The molecule has 15 heavy (non-hydrogen) atoms. The van der Waals surface area contributed by atoms with Crippen molar-refractivity contribution in [3.63, 3.8) is 0 Å². The molecule has 1 aromatic rings. The van der Waals surface area contributed by atoms with E-state index in [1.807, 2.05) is 31.2 Å². The van der Waals surface area contributed by atoms with E-state index in [-0.39, 0.29) is 11.9 Å². The molecule has 3 heteroatoms. The highest BCUT2D eigenvalue weighted by molar-refractivity contribution is 9.10. The smallest absolute Gasteiger partial charge is 0.333 e. The molecule has 0 amide bonds. The van der Waals surface area contributed by atoms with Crippen molar-refractivity contribution in [3.05, 3.63) is 46.5 Å². The molecule has 0 saturated carbocycles. The monoisotopic (exact) mass is 268 g/mol. The first-order valence-corrected chi connectivity index (χ1v) is 5.38. The van der Waals surface area contributed by atoms with E-state index in [1.165, 1.54) is 7.11 Å². The van der Waals surface area contributed by atoms with Gasteiger partial charge in [0.2, 0.25) is 0 Å². The fourth-order valence-electron chi connectivity index (χ4n) is 1.32. The van der Waals surface area contributed by atoms with Gasteiger partial charge in [-0.1, -0.05) is 47.6 Å². The van der Waals surface area contributed by atoms with Crippen molar-refractivity contribution in [1.82, 2.24) is 0 Å². The SMILES string of the molecule is C=C(C(=O)OC)[C@@H](C)c1ccccc1Br. The Bertz CT molecular complexity index is 385. The zero-order valence-corrected chi connectivity index (χ0v) is 10.4. The topological polar surface area (TPSA) is 26.3 Å². The van der Waals surface area contributed by atoms with Crippen LogP contribution in [0.4, 0.5) is 0 Å². The number of carbonyl (C=O) groups is 1. The molecule has 0 aliphatic carbocycles. The number of halogens is 1. The van der Waals surface area contributed by atoms with Gasteiger partial charge in [-0.15, -0.1) is 0 Å². The third kappa shape index (κ3) is 2.69. The van der Waals surface area contributed by atoms with E-state index in [0.29, 0.717) is 5.57 Å². The van der Waals surface area contributed by atoms with Crippen molar-refractivity contribution >= 4 is 21.9 Å². The average molecular weight is 269 g/mol. The van der Waals surface area contributed by atoms with Gasteiger partial charge < -0.3 is 4.74 Å². The first kappa shape index (κ1) is 12.0. The average Bonchev–Trinajstić information content (AvgIpc) is 2.26. The van der Waals surface area contributed by atoms with E-state index in [1.54, 1.807) is 0 Å². The Labute approximate surface area is 98.1 Å². The second-order valence-corrected chi connectivity index (χ2v) is 4.11. The Morgan fingerprint density at radius 3 is 2.60 bits per heavy atom. The van der Waals surface area contributed by atoms with Gasteiger partial charge in [-0.3, -0.25) is 0 Å². The summed E-state index contributed by atoms with van der Waals surface area (Å²) in [6.45, 7) is 5.68. The van der Waals surface area contributed by atoms with E-state index in [4.69, 9.17) is 0 Å². The normalized spacial score (nSPS) is 11.9. The maximum atomic E-state index is 11.3. The molecule has 0 aromatic heterocycles. The Kier molecular flexibility index (Phi) is 4.09. The summed E-state index contributed by atoms with van der Waals surface area (Å²) in [4.78, 5) is 11.3. The minimum Gasteiger partial charge on any atom is -0.466 e. The molecule has 1 rings (SSSR count). The molecule has 0 aliphatic heterocycles. The molecule has 0 saturated heterocycles. The highest BCUT2D eigenvalue weighted by Crippen LogP contribution is 2.29. The predicted octanol–water partition coefficient (Wildman–Crippen LogP) is 3.28. The number of hydrogen-bond donors (Lipinski definition) is 0. The molecule has 0 fully saturated rings. The number of benzene rings is 1. The van der Waals surface area contributed by atoms with Crippen LogP contribution in [0.5, 0.6) is 0 Å². The van der Waals surface area contributed by atoms with Gasteiger partial charge in [-0.05, 0) is 11.6 Å². The first-order chi connectivity index (χ1) is 7.07. The largest absolute Gasteiger partial charge is 0.466 e. The van der Waals surface area contributed by atoms with Crippen LogP contribution in [0.2, 0.25) is 0 Å². The molecule has 0 spiro atoms. The van der Waals surface area contributed by atoms with E-state index in [9.17, 15) is 4.79 Å². The standard InChI is InChI=1S/C12H13BrO2/c1-8(9(2)12(14)15-3)10-6-4-5-7-11(10)13/h4-8H,2H2,1,3H3/t8-/m1/s1. The summed E-state index contributed by atoms with van der Waals surface area (Å²) >= 11 is 3.44. The molecule has 1 aromatic carbocycles. The van der Waals surface area contributed by atoms with Gasteiger partial charge >= 0.3 is 5.97 Å². The number of ether oxygens (including phenoxy) is 1. The van der Waals surface area contributed by atoms with Crippen molar-refractivity contribution < 1.29 is 9.53 Å². The third-order valence-electron chi connectivity index (χ3n) is 2.34. The minimum absolute atomic E-state index is 0.0481. The number of methoxy groups -OCH3 is 1. The molecule has 80 valence electrons. The van der Waals surface area contributed by atoms with Crippen LogP contribution in [0.3, 0.4) is 0 Å². The third-order valence-corrected chi connectivity index (χ3v) is 3.06. The van der Waals surface area contributed by atoms with Crippen molar-refractivity contribution in [2.24, 2.45) is 0 Å². The molecule has 0 aliphatic rings. The van der Waals surface area contributed by atoms with E-state index < -0.39 is 0 Å². The van der Waals surface area contributed by atoms with E-state index >= 15 is 0 Å². The van der Waals surface area contributed by atoms with Crippen LogP contribution in [0, 0.1) is 0 Å². The maximum Gasteiger partial charge on any atom is 0.333 e. The second kappa shape index (κ2) is 5.12. The van der Waals surface area contributed by atoms with Crippen LogP contribution in [0.15, 0.2) is 40.9 Å². The van der Waals surface area contributed by atoms with Crippen LogP contribution in [0.1, 0.15) is 18.4 Å². The predicted molar refractivity (Wildman–Crippen MR) is 63.7 cm³/mol. The van der Waals surface area contributed by atoms with Gasteiger partial charge in [0.25, 0.3) is 0 Å². The van der Waals surface area contributed by atoms with Crippen molar-refractivity contribution in [3.8, 4) is 0 Å². The molecular weight excluding hydrogens is 256 g/mol. The van der Waals surface area contributed by atoms with Gasteiger partial charge in [0.15, 0.2) is 0 Å². The Morgan fingerprint density at radius 2 is 2.07 bits per heavy atom. The minimum atomic E-state index is -0.363. The van der Waals surface area contributed by atoms with Gasteiger partial charge in [0.1, 0.15) is 0 Å². The van der Waals surface area contributed by atoms with E-state index in [2.05, 4.69) is 27.2 Å². The number of rotatable bonds is 3. The quantitative estimate of drug-likeness (QED) is 0.621. The fourth-order valence-corrected chi connectivity index (χ4v) is 1.95. The summed E-state index contributed by atoms with van der Waals surface area (Å²) in [6, 6.07) is 7.77. The lowest BCUT2D eigenvalue weighted by molar-refractivity contribution is -0.136. The number of hydrogen-bond acceptors (Lipinski definition) is 2. The second-order valence-electron chi connectivity index (χ2n) is 3.26. The van der Waals surface area contributed by atoms with Crippen molar-refractivity contribution in [2.75, 3.05) is 7.11 Å². The van der Waals surface area contributed by atoms with Gasteiger partial charge in [-0.25, -0.2) is 4.79 Å². The highest BCUT2D eigenvalue weighted by atomic mass is 79.9. The maximum absolute atomic E-state index is 11.3. The van der Waals surface area contributed by atoms with Crippen LogP contribution in [0.25, 0.3) is 0 Å². The molecule has 0 radical (unpaired) electrons. The zero-order chi connectivity index (χ0) is 11.4. The Morgan fingerprint density at radius 1 is 1.47 bits per heavy atom. The molecule has 0 N–H and O–H groups in total. The molecule has 0 heterocycles. The molecule has 0 bridgehead atoms. The van der Waals surface area contributed by atoms with Gasteiger partial charge in [0.05, 0.1) is 7.11 Å². The van der Waals surface area contributed by atoms with Crippen molar-refractivity contribution in [2.45, 2.75) is 12.8 Å². The Balaban J connectivity index is 2.95. The number of esters is 1. The molecule has 1 atom stereocenters. The van der Waals surface area contributed by atoms with Crippen LogP contribution in [-0.2, 0) is 9.53 Å². The van der Waals surface area contributed by atoms with Gasteiger partial charge in [0, 0.05) is 16.0 Å². The van der Waals surface area contributed by atoms with Gasteiger partial charge in [-0.2, -0.15) is 0 Å². The lowest BCUT2D eigenvalue weighted by atomic mass is 9.94. The molecular formula is C12H13BrO2. The molecule has 2 nitrogen and oxygen atoms in total. The van der Waals surface area contributed by atoms with E-state index in [0.717, 1.165) is 10.0 Å².